The average molecular weight is 459 g/mol. The monoisotopic (exact) mass is 458 g/mol. The van der Waals surface area contributed by atoms with Gasteiger partial charge in [-0.1, -0.05) is 30.3 Å². The zero-order valence-corrected chi connectivity index (χ0v) is 19.1. The van der Waals surface area contributed by atoms with Crippen LogP contribution in [0.15, 0.2) is 60.9 Å². The highest BCUT2D eigenvalue weighted by molar-refractivity contribution is 5.92. The van der Waals surface area contributed by atoms with Gasteiger partial charge in [-0.2, -0.15) is 5.10 Å². The molecule has 0 aliphatic carbocycles. The topological polar surface area (TPSA) is 103 Å². The number of carbonyl (C=O) groups excluding carboxylic acids is 1. The Morgan fingerprint density at radius 2 is 2.06 bits per heavy atom. The van der Waals surface area contributed by atoms with Crippen LogP contribution in [0.3, 0.4) is 0 Å². The third-order valence-corrected chi connectivity index (χ3v) is 5.70. The summed E-state index contributed by atoms with van der Waals surface area (Å²) in [5, 5.41) is 11.2. The van der Waals surface area contributed by atoms with Gasteiger partial charge in [0, 0.05) is 17.3 Å². The smallest absolute Gasteiger partial charge is 0.320 e. The minimum atomic E-state index is -0.334. The number of aromatic nitrogens is 4. The molecule has 1 fully saturated rings. The van der Waals surface area contributed by atoms with Crippen LogP contribution in [0.5, 0.6) is 0 Å². The van der Waals surface area contributed by atoms with Gasteiger partial charge < -0.3 is 14.8 Å². The van der Waals surface area contributed by atoms with Crippen molar-refractivity contribution >= 4 is 22.8 Å². The second-order valence-electron chi connectivity index (χ2n) is 8.31. The number of anilines is 1. The van der Waals surface area contributed by atoms with Crippen LogP contribution in [0, 0.1) is 6.92 Å². The zero-order valence-electron chi connectivity index (χ0n) is 19.1. The molecule has 1 saturated heterocycles. The third-order valence-electron chi connectivity index (χ3n) is 5.70. The number of hydrogen-bond donors (Lipinski definition) is 2. The molecule has 0 spiro atoms. The molecule has 3 aromatic heterocycles. The van der Waals surface area contributed by atoms with Gasteiger partial charge in [0.1, 0.15) is 11.9 Å². The fourth-order valence-electron chi connectivity index (χ4n) is 3.84. The minimum absolute atomic E-state index is 0.0445. The van der Waals surface area contributed by atoms with Gasteiger partial charge in [0.25, 0.3) is 0 Å². The van der Waals surface area contributed by atoms with Gasteiger partial charge in [-0.15, -0.1) is 0 Å². The predicted octanol–water partition coefficient (Wildman–Crippen LogP) is 3.92. The third kappa shape index (κ3) is 4.75. The van der Waals surface area contributed by atoms with Gasteiger partial charge in [0.05, 0.1) is 49.0 Å². The molecule has 4 aromatic rings. The van der Waals surface area contributed by atoms with Crippen molar-refractivity contribution in [2.45, 2.75) is 32.6 Å². The molecule has 0 bridgehead atoms. The molecule has 9 nitrogen and oxygen atoms in total. The SMILES string of the molecule is Cc1cc(-n2ncc3cc(NC(=O)NC(C)c4ccccc4)nc(COC4COC4)c32)ccn1. The Labute approximate surface area is 197 Å². The van der Waals surface area contributed by atoms with Crippen LogP contribution in [0.4, 0.5) is 10.6 Å². The molecule has 2 amide bonds. The molecule has 1 aromatic carbocycles. The maximum atomic E-state index is 12.7. The minimum Gasteiger partial charge on any atom is -0.376 e. The van der Waals surface area contributed by atoms with Crippen molar-refractivity contribution in [2.24, 2.45) is 0 Å². The maximum absolute atomic E-state index is 12.7. The van der Waals surface area contributed by atoms with Crippen molar-refractivity contribution in [3.05, 3.63) is 77.9 Å². The largest absolute Gasteiger partial charge is 0.376 e. The van der Waals surface area contributed by atoms with E-state index in [4.69, 9.17) is 14.5 Å². The molecule has 34 heavy (non-hydrogen) atoms. The lowest BCUT2D eigenvalue weighted by molar-refractivity contribution is -0.135. The van der Waals surface area contributed by atoms with Crippen LogP contribution in [0.2, 0.25) is 0 Å². The maximum Gasteiger partial charge on any atom is 0.320 e. The Morgan fingerprint density at radius 1 is 1.24 bits per heavy atom. The van der Waals surface area contributed by atoms with Gasteiger partial charge in [-0.05, 0) is 37.6 Å². The van der Waals surface area contributed by atoms with Crippen molar-refractivity contribution < 1.29 is 14.3 Å². The molecule has 5 rings (SSSR count). The van der Waals surface area contributed by atoms with Gasteiger partial charge in [0.15, 0.2) is 0 Å². The van der Waals surface area contributed by atoms with E-state index in [1.807, 2.05) is 67.1 Å². The van der Waals surface area contributed by atoms with E-state index >= 15 is 0 Å². The van der Waals surface area contributed by atoms with Crippen molar-refractivity contribution in [2.75, 3.05) is 18.5 Å². The van der Waals surface area contributed by atoms with Crippen molar-refractivity contribution in [3.63, 3.8) is 0 Å². The highest BCUT2D eigenvalue weighted by Crippen LogP contribution is 2.25. The first-order valence-corrected chi connectivity index (χ1v) is 11.2. The van der Waals surface area contributed by atoms with Crippen LogP contribution >= 0.6 is 0 Å². The van der Waals surface area contributed by atoms with Gasteiger partial charge in [-0.25, -0.2) is 14.5 Å². The summed E-state index contributed by atoms with van der Waals surface area (Å²) in [6.45, 7) is 5.29. The van der Waals surface area contributed by atoms with Crippen LogP contribution in [0.25, 0.3) is 16.6 Å². The number of hydrogen-bond acceptors (Lipinski definition) is 6. The quantitative estimate of drug-likeness (QED) is 0.435. The van der Waals surface area contributed by atoms with Crippen molar-refractivity contribution in [1.82, 2.24) is 25.1 Å². The van der Waals surface area contributed by atoms with Crippen LogP contribution in [0.1, 0.15) is 29.9 Å². The number of pyridine rings is 2. The molecule has 1 unspecified atom stereocenters. The molecule has 1 aliphatic rings. The summed E-state index contributed by atoms with van der Waals surface area (Å²) < 4.78 is 13.0. The molecule has 2 N–H and O–H groups in total. The lowest BCUT2D eigenvalue weighted by Gasteiger charge is -2.26. The van der Waals surface area contributed by atoms with Crippen LogP contribution < -0.4 is 10.6 Å². The van der Waals surface area contributed by atoms with E-state index in [1.54, 1.807) is 12.4 Å². The summed E-state index contributed by atoms with van der Waals surface area (Å²) >= 11 is 0. The Hall–Kier alpha value is -3.82. The van der Waals surface area contributed by atoms with Gasteiger partial charge in [-0.3, -0.25) is 10.3 Å². The Kier molecular flexibility index (Phi) is 6.20. The number of nitrogens with one attached hydrogen (secondary N) is 2. The molecular formula is C25H26N6O3. The summed E-state index contributed by atoms with van der Waals surface area (Å²) in [5.41, 5.74) is 4.30. The number of ether oxygens (including phenoxy) is 2. The first-order chi connectivity index (χ1) is 16.6. The second-order valence-corrected chi connectivity index (χ2v) is 8.31. The van der Waals surface area contributed by atoms with E-state index in [1.165, 1.54) is 0 Å². The Morgan fingerprint density at radius 3 is 2.79 bits per heavy atom. The number of carbonyl (C=O) groups is 1. The summed E-state index contributed by atoms with van der Waals surface area (Å²) in [4.78, 5) is 21.7. The van der Waals surface area contributed by atoms with Gasteiger partial charge in [0.2, 0.25) is 0 Å². The highest BCUT2D eigenvalue weighted by Gasteiger charge is 2.21. The molecule has 174 valence electrons. The first-order valence-electron chi connectivity index (χ1n) is 11.2. The standard InChI is InChI=1S/C25H26N6O3/c1-16-10-20(8-9-26-16)31-24-19(12-27-31)11-23(29-22(24)15-34-21-13-33-14-21)30-25(32)28-17(2)18-6-4-3-5-7-18/h3-12,17,21H,13-15H2,1-2H3,(H2,28,29,30,32). The fourth-order valence-corrected chi connectivity index (χ4v) is 3.84. The fraction of sp³-hybridized carbons (Fsp3) is 0.280. The lowest BCUT2D eigenvalue weighted by Crippen LogP contribution is -2.36. The Balaban J connectivity index is 1.42. The number of nitrogens with zero attached hydrogens (tertiary/aromatic N) is 4. The normalized spacial score (nSPS) is 14.5. The van der Waals surface area contributed by atoms with E-state index in [2.05, 4.69) is 20.7 Å². The molecule has 4 heterocycles. The second kappa shape index (κ2) is 9.58. The molecule has 0 radical (unpaired) electrons. The van der Waals surface area contributed by atoms with Gasteiger partial charge >= 0.3 is 6.03 Å². The average Bonchev–Trinajstić information content (AvgIpc) is 3.22. The molecule has 9 heteroatoms. The number of fused-ring (bicyclic) bond motifs is 1. The number of amides is 2. The van der Waals surface area contributed by atoms with Crippen LogP contribution in [-0.4, -0.2) is 45.1 Å². The zero-order chi connectivity index (χ0) is 23.5. The lowest BCUT2D eigenvalue weighted by atomic mass is 10.1. The van der Waals surface area contributed by atoms with E-state index in [9.17, 15) is 4.79 Å². The van der Waals surface area contributed by atoms with E-state index in [-0.39, 0.29) is 24.8 Å². The molecular weight excluding hydrogens is 432 g/mol. The summed E-state index contributed by atoms with van der Waals surface area (Å²) in [6, 6.07) is 15.0. The van der Waals surface area contributed by atoms with Crippen molar-refractivity contribution in [1.29, 1.82) is 0 Å². The van der Waals surface area contributed by atoms with Crippen molar-refractivity contribution in [3.8, 4) is 5.69 Å². The number of benzene rings is 1. The highest BCUT2D eigenvalue weighted by atomic mass is 16.6. The first kappa shape index (κ1) is 22.0. The summed E-state index contributed by atoms with van der Waals surface area (Å²) in [7, 11) is 0. The Bertz CT molecular complexity index is 1300. The summed E-state index contributed by atoms with van der Waals surface area (Å²) in [6.07, 6.45) is 3.56. The van der Waals surface area contributed by atoms with E-state index in [0.717, 1.165) is 27.8 Å². The number of aryl methyl sites for hydroxylation is 1. The number of rotatable bonds is 7. The molecule has 1 atom stereocenters. The molecule has 1 aliphatic heterocycles. The predicted molar refractivity (Wildman–Crippen MR) is 128 cm³/mol. The van der Waals surface area contributed by atoms with E-state index < -0.39 is 0 Å². The van der Waals surface area contributed by atoms with E-state index in [0.29, 0.717) is 24.7 Å². The number of urea groups is 1. The summed E-state index contributed by atoms with van der Waals surface area (Å²) in [5.74, 6) is 0.430. The molecule has 0 saturated carbocycles. The van der Waals surface area contributed by atoms with Crippen LogP contribution in [-0.2, 0) is 16.1 Å².